The smallest absolute Gasteiger partial charge is 0.323 e. The van der Waals surface area contributed by atoms with Crippen LogP contribution in [0.2, 0.25) is 10.0 Å². The molecule has 1 aliphatic heterocycles. The Kier molecular flexibility index (Phi) is 12.6. The van der Waals surface area contributed by atoms with Crippen molar-refractivity contribution < 1.29 is 23.6 Å². The van der Waals surface area contributed by atoms with Crippen LogP contribution in [-0.4, -0.2) is 59.9 Å². The molecule has 1 fully saturated rings. The Hall–Kier alpha value is -3.21. The van der Waals surface area contributed by atoms with Gasteiger partial charge in [0.1, 0.15) is 17.5 Å². The lowest BCUT2D eigenvalue weighted by Crippen LogP contribution is -2.47. The molecule has 0 aliphatic carbocycles. The summed E-state index contributed by atoms with van der Waals surface area (Å²) in [5, 5.41) is 16.5. The summed E-state index contributed by atoms with van der Waals surface area (Å²) < 4.78 is 13.7. The van der Waals surface area contributed by atoms with Gasteiger partial charge in [-0.2, -0.15) is 0 Å². The number of halogens is 2. The number of carbonyl (C=O) groups excluding carboxylic acids is 3. The highest BCUT2D eigenvalue weighted by Crippen LogP contribution is 2.41. The van der Waals surface area contributed by atoms with Crippen molar-refractivity contribution in [3.8, 4) is 5.75 Å². The lowest BCUT2D eigenvalue weighted by atomic mass is 10.1. The van der Waals surface area contributed by atoms with Gasteiger partial charge < -0.3 is 31.0 Å². The summed E-state index contributed by atoms with van der Waals surface area (Å²) in [6.07, 6.45) is 1.69. The van der Waals surface area contributed by atoms with Crippen LogP contribution in [0.15, 0.2) is 59.9 Å². The molecule has 11 nitrogen and oxygen atoms in total. The van der Waals surface area contributed by atoms with E-state index in [0.29, 0.717) is 31.7 Å². The van der Waals surface area contributed by atoms with Crippen LogP contribution in [-0.2, 0) is 14.3 Å². The molecule has 14 heteroatoms. The van der Waals surface area contributed by atoms with Crippen LogP contribution in [0.3, 0.4) is 0 Å². The Morgan fingerprint density at radius 1 is 1.05 bits per heavy atom. The number of benzene rings is 2. The van der Waals surface area contributed by atoms with E-state index >= 15 is 0 Å². The number of para-hydroxylation sites is 1. The first-order valence-corrected chi connectivity index (χ1v) is 15.3. The van der Waals surface area contributed by atoms with Gasteiger partial charge in [-0.3, -0.25) is 14.4 Å². The molecule has 6 N–H and O–H groups in total. The van der Waals surface area contributed by atoms with Gasteiger partial charge in [0.2, 0.25) is 8.45 Å². The highest BCUT2D eigenvalue weighted by Gasteiger charge is 2.31. The van der Waals surface area contributed by atoms with Gasteiger partial charge in [-0.1, -0.05) is 47.5 Å². The van der Waals surface area contributed by atoms with Crippen LogP contribution in [0, 0.1) is 5.41 Å². The molecule has 1 aliphatic rings. The second-order valence-electron chi connectivity index (χ2n) is 9.74. The van der Waals surface area contributed by atoms with Gasteiger partial charge in [0.05, 0.1) is 27.4 Å². The second-order valence-corrected chi connectivity index (χ2v) is 12.1. The number of nitrogens with one attached hydrogen (secondary N) is 4. The average Bonchev–Trinajstić information content (AvgIpc) is 2.95. The summed E-state index contributed by atoms with van der Waals surface area (Å²) in [7, 11) is -1.42. The first-order valence-electron chi connectivity index (χ1n) is 13.3. The van der Waals surface area contributed by atoms with Crippen molar-refractivity contribution in [3.63, 3.8) is 0 Å². The SMILES string of the molecule is CC(C)OC(=O)[C@H](C)NP(Oc1ccccc1)N1CCC(NC(=O)/C(N)=C(/C=N)NC(=O)c2c(Cl)cccc2Cl)CC1. The summed E-state index contributed by atoms with van der Waals surface area (Å²) in [6.45, 7) is 6.44. The number of nitrogens with two attached hydrogens (primary N) is 1. The molecule has 226 valence electrons. The molecule has 1 heterocycles. The van der Waals surface area contributed by atoms with Gasteiger partial charge in [0, 0.05) is 25.3 Å². The second kappa shape index (κ2) is 15.9. The molecule has 3 rings (SSSR count). The molecule has 0 saturated carbocycles. The molecular formula is C28H35Cl2N6O5P. The van der Waals surface area contributed by atoms with Crippen LogP contribution in [0.1, 0.15) is 44.0 Å². The summed E-state index contributed by atoms with van der Waals surface area (Å²) in [6, 6.07) is 13.1. The van der Waals surface area contributed by atoms with E-state index in [1.54, 1.807) is 26.8 Å². The lowest BCUT2D eigenvalue weighted by molar-refractivity contribution is -0.149. The largest absolute Gasteiger partial charge is 0.462 e. The molecule has 0 aromatic heterocycles. The van der Waals surface area contributed by atoms with E-state index in [1.807, 2.05) is 30.3 Å². The average molecular weight is 638 g/mol. The van der Waals surface area contributed by atoms with Gasteiger partial charge in [-0.05, 0) is 57.9 Å². The number of hydrogen-bond donors (Lipinski definition) is 5. The predicted molar refractivity (Wildman–Crippen MR) is 164 cm³/mol. The molecule has 2 aromatic rings. The molecule has 0 radical (unpaired) electrons. The van der Waals surface area contributed by atoms with Crippen LogP contribution in [0.5, 0.6) is 5.75 Å². The van der Waals surface area contributed by atoms with Crippen molar-refractivity contribution in [2.75, 3.05) is 13.1 Å². The van der Waals surface area contributed by atoms with E-state index in [0.717, 1.165) is 6.21 Å². The number of ether oxygens (including phenoxy) is 1. The van der Waals surface area contributed by atoms with Crippen molar-refractivity contribution in [3.05, 3.63) is 75.5 Å². The van der Waals surface area contributed by atoms with Gasteiger partial charge in [0.15, 0.2) is 0 Å². The van der Waals surface area contributed by atoms with Crippen molar-refractivity contribution in [1.29, 1.82) is 5.41 Å². The lowest BCUT2D eigenvalue weighted by Gasteiger charge is -2.37. The third-order valence-electron chi connectivity index (χ3n) is 6.13. The quantitative estimate of drug-likeness (QED) is 0.0994. The van der Waals surface area contributed by atoms with Crippen LogP contribution < -0.4 is 26.0 Å². The number of hydrogen-bond acceptors (Lipinski definition) is 9. The number of amides is 2. The summed E-state index contributed by atoms with van der Waals surface area (Å²) in [5.74, 6) is -1.03. The third kappa shape index (κ3) is 9.40. The summed E-state index contributed by atoms with van der Waals surface area (Å²) in [5.41, 5.74) is 5.53. The Balaban J connectivity index is 1.63. The highest BCUT2D eigenvalue weighted by molar-refractivity contribution is 7.48. The molecule has 2 atom stereocenters. The normalized spacial score (nSPS) is 16.1. The Bertz CT molecular complexity index is 1280. The first-order chi connectivity index (χ1) is 20.0. The maximum Gasteiger partial charge on any atom is 0.323 e. The van der Waals surface area contributed by atoms with Crippen LogP contribution in [0.4, 0.5) is 0 Å². The van der Waals surface area contributed by atoms with Crippen LogP contribution in [0.25, 0.3) is 0 Å². The summed E-state index contributed by atoms with van der Waals surface area (Å²) in [4.78, 5) is 38.1. The zero-order chi connectivity index (χ0) is 30.8. The van der Waals surface area contributed by atoms with Gasteiger partial charge >= 0.3 is 5.97 Å². The molecule has 0 spiro atoms. The van der Waals surface area contributed by atoms with E-state index in [9.17, 15) is 14.4 Å². The standard InChI is InChI=1S/C28H35Cl2N6O5P/c1-17(2)40-28(39)18(3)35-42(41-20-8-5-4-6-9-20)36-14-12-19(13-15-36)33-27(38)25(32)23(16-31)34-26(37)24-21(29)10-7-11-22(24)30/h4-11,16-19,31,35H,12-15,32H2,1-3H3,(H,33,38)(H,34,37)/b25-23+,31-16?/t18-,42?/m0/s1. The fraction of sp³-hybridized carbons (Fsp3) is 0.357. The van der Waals surface area contributed by atoms with E-state index in [1.165, 1.54) is 12.1 Å². The van der Waals surface area contributed by atoms with Crippen LogP contribution >= 0.6 is 31.7 Å². The Morgan fingerprint density at radius 3 is 2.24 bits per heavy atom. The highest BCUT2D eigenvalue weighted by atomic mass is 35.5. The topological polar surface area (TPSA) is 159 Å². The minimum Gasteiger partial charge on any atom is -0.462 e. The fourth-order valence-electron chi connectivity index (χ4n) is 3.96. The zero-order valence-electron chi connectivity index (χ0n) is 23.5. The number of rotatable bonds is 12. The molecule has 2 aromatic carbocycles. The number of allylic oxidation sites excluding steroid dienone is 1. The number of piperidine rings is 1. The van der Waals surface area contributed by atoms with Crippen molar-refractivity contribution in [2.45, 2.75) is 51.8 Å². The van der Waals surface area contributed by atoms with Crippen molar-refractivity contribution >= 4 is 55.7 Å². The van der Waals surface area contributed by atoms with E-state index in [2.05, 4.69) is 20.4 Å². The van der Waals surface area contributed by atoms with Crippen molar-refractivity contribution in [1.82, 2.24) is 20.4 Å². The number of nitrogens with zero attached hydrogens (tertiary/aromatic N) is 1. The fourth-order valence-corrected chi connectivity index (χ4v) is 6.21. The zero-order valence-corrected chi connectivity index (χ0v) is 25.9. The maximum absolute atomic E-state index is 12.9. The van der Waals surface area contributed by atoms with E-state index in [4.69, 9.17) is 43.6 Å². The minimum atomic E-state index is -1.42. The third-order valence-corrected chi connectivity index (χ3v) is 8.66. The Morgan fingerprint density at radius 2 is 1.67 bits per heavy atom. The first kappa shape index (κ1) is 33.3. The molecular weight excluding hydrogens is 602 g/mol. The molecule has 1 unspecified atom stereocenters. The minimum absolute atomic E-state index is 0.00961. The predicted octanol–water partition coefficient (Wildman–Crippen LogP) is 4.36. The summed E-state index contributed by atoms with van der Waals surface area (Å²) >= 11 is 12.2. The van der Waals surface area contributed by atoms with Crippen molar-refractivity contribution in [2.24, 2.45) is 5.73 Å². The molecule has 2 amide bonds. The van der Waals surface area contributed by atoms with Gasteiger partial charge in [0.25, 0.3) is 11.8 Å². The van der Waals surface area contributed by atoms with Gasteiger partial charge in [-0.15, -0.1) is 0 Å². The van der Waals surface area contributed by atoms with E-state index < -0.39 is 26.3 Å². The number of esters is 1. The van der Waals surface area contributed by atoms with E-state index in [-0.39, 0.29) is 45.1 Å². The number of carbonyl (C=O) groups is 3. The monoisotopic (exact) mass is 636 g/mol. The molecule has 0 bridgehead atoms. The maximum atomic E-state index is 12.9. The van der Waals surface area contributed by atoms with Gasteiger partial charge in [-0.25, -0.2) is 9.76 Å². The molecule has 42 heavy (non-hydrogen) atoms. The Labute approximate surface area is 256 Å². The molecule has 1 saturated heterocycles.